The van der Waals surface area contributed by atoms with Gasteiger partial charge in [-0.15, -0.1) is 0 Å². The minimum absolute atomic E-state index is 0.109. The summed E-state index contributed by atoms with van der Waals surface area (Å²) in [7, 11) is 0. The van der Waals surface area contributed by atoms with Crippen LogP contribution >= 0.6 is 11.3 Å². The van der Waals surface area contributed by atoms with Gasteiger partial charge in [0.2, 0.25) is 5.91 Å². The first-order chi connectivity index (χ1) is 8.34. The molecule has 0 aliphatic rings. The Hall–Kier alpha value is -1.94. The summed E-state index contributed by atoms with van der Waals surface area (Å²) in [5.74, 6) is -0.109. The molecule has 0 saturated carbocycles. The number of hydrogen-bond donors (Lipinski definition) is 1. The second-order valence-corrected chi connectivity index (χ2v) is 4.29. The van der Waals surface area contributed by atoms with Crippen molar-refractivity contribution in [2.75, 3.05) is 0 Å². The number of carbonyl (C=O) groups excluding carboxylic acids is 1. The second-order valence-electron chi connectivity index (χ2n) is 3.51. The lowest BCUT2D eigenvalue weighted by atomic mass is 10.1. The molecular weight excluding hydrogens is 232 g/mol. The Balaban J connectivity index is 1.82. The summed E-state index contributed by atoms with van der Waals surface area (Å²) in [6, 6.07) is 11.5. The van der Waals surface area contributed by atoms with Crippen molar-refractivity contribution < 1.29 is 4.79 Å². The molecule has 4 heteroatoms. The predicted octanol–water partition coefficient (Wildman–Crippen LogP) is 2.44. The van der Waals surface area contributed by atoms with Crippen LogP contribution in [0.25, 0.3) is 0 Å². The summed E-state index contributed by atoms with van der Waals surface area (Å²) in [5.41, 5.74) is 4.48. The number of nitrogens with zero attached hydrogens (tertiary/aromatic N) is 1. The number of benzene rings is 1. The van der Waals surface area contributed by atoms with Gasteiger partial charge in [-0.05, 0) is 22.4 Å². The van der Waals surface area contributed by atoms with Crippen molar-refractivity contribution in [2.24, 2.45) is 5.10 Å². The van der Waals surface area contributed by atoms with Crippen LogP contribution in [0.4, 0.5) is 0 Å². The number of nitrogens with one attached hydrogen (secondary N) is 1. The molecule has 1 aromatic carbocycles. The number of carbonyl (C=O) groups is 1. The fraction of sp³-hybridized carbons (Fsp3) is 0.0769. The molecule has 0 aliphatic carbocycles. The van der Waals surface area contributed by atoms with Crippen LogP contribution in [0.15, 0.2) is 52.3 Å². The highest BCUT2D eigenvalue weighted by Gasteiger charge is 2.00. The van der Waals surface area contributed by atoms with Gasteiger partial charge in [-0.2, -0.15) is 16.4 Å². The molecule has 1 N–H and O–H groups in total. The third kappa shape index (κ3) is 3.85. The zero-order valence-electron chi connectivity index (χ0n) is 9.17. The Bertz CT molecular complexity index is 491. The van der Waals surface area contributed by atoms with E-state index in [4.69, 9.17) is 0 Å². The van der Waals surface area contributed by atoms with Gasteiger partial charge >= 0.3 is 0 Å². The summed E-state index contributed by atoms with van der Waals surface area (Å²) in [6.07, 6.45) is 1.99. The highest BCUT2D eigenvalue weighted by Crippen LogP contribution is 2.02. The molecule has 1 amide bonds. The Labute approximate surface area is 104 Å². The first-order valence-electron chi connectivity index (χ1n) is 5.22. The second kappa shape index (κ2) is 5.96. The van der Waals surface area contributed by atoms with Crippen molar-refractivity contribution in [2.45, 2.75) is 6.42 Å². The maximum absolute atomic E-state index is 11.5. The minimum atomic E-state index is -0.109. The summed E-state index contributed by atoms with van der Waals surface area (Å²) in [6.45, 7) is 0. The molecule has 3 nitrogen and oxygen atoms in total. The van der Waals surface area contributed by atoms with E-state index in [2.05, 4.69) is 10.5 Å². The lowest BCUT2D eigenvalue weighted by Gasteiger charge is -1.99. The largest absolute Gasteiger partial charge is 0.273 e. The van der Waals surface area contributed by atoms with Crippen molar-refractivity contribution in [3.63, 3.8) is 0 Å². The standard InChI is InChI=1S/C13H12N2OS/c16-13(8-11-4-2-1-3-5-11)15-14-9-12-6-7-17-10-12/h1-7,9-10H,8H2,(H,15,16)/b14-9+. The molecule has 2 aromatic rings. The van der Waals surface area contributed by atoms with Crippen LogP contribution in [0.5, 0.6) is 0 Å². The molecule has 0 fully saturated rings. The van der Waals surface area contributed by atoms with E-state index < -0.39 is 0 Å². The summed E-state index contributed by atoms with van der Waals surface area (Å²) >= 11 is 1.60. The lowest BCUT2D eigenvalue weighted by Crippen LogP contribution is -2.19. The first-order valence-corrected chi connectivity index (χ1v) is 6.17. The van der Waals surface area contributed by atoms with Gasteiger partial charge in [-0.3, -0.25) is 4.79 Å². The molecule has 2 rings (SSSR count). The lowest BCUT2D eigenvalue weighted by molar-refractivity contribution is -0.120. The van der Waals surface area contributed by atoms with Gasteiger partial charge in [0.15, 0.2) is 0 Å². The van der Waals surface area contributed by atoms with Crippen molar-refractivity contribution >= 4 is 23.5 Å². The Morgan fingerprint density at radius 3 is 2.82 bits per heavy atom. The van der Waals surface area contributed by atoms with Crippen molar-refractivity contribution in [3.05, 3.63) is 58.3 Å². The van der Waals surface area contributed by atoms with Gasteiger partial charge in [-0.25, -0.2) is 5.43 Å². The minimum Gasteiger partial charge on any atom is -0.273 e. The Morgan fingerprint density at radius 1 is 1.29 bits per heavy atom. The van der Waals surface area contributed by atoms with Crippen molar-refractivity contribution in [1.82, 2.24) is 5.43 Å². The molecule has 17 heavy (non-hydrogen) atoms. The highest BCUT2D eigenvalue weighted by atomic mass is 32.1. The van der Waals surface area contributed by atoms with E-state index in [0.29, 0.717) is 6.42 Å². The van der Waals surface area contributed by atoms with E-state index in [-0.39, 0.29) is 5.91 Å². The molecule has 0 unspecified atom stereocenters. The monoisotopic (exact) mass is 244 g/mol. The van der Waals surface area contributed by atoms with Crippen LogP contribution in [-0.4, -0.2) is 12.1 Å². The molecule has 0 aliphatic heterocycles. The molecule has 86 valence electrons. The average molecular weight is 244 g/mol. The summed E-state index contributed by atoms with van der Waals surface area (Å²) in [5, 5.41) is 7.82. The Kier molecular flexibility index (Phi) is 4.05. The molecule has 1 heterocycles. The fourth-order valence-electron chi connectivity index (χ4n) is 1.35. The quantitative estimate of drug-likeness (QED) is 0.651. The van der Waals surface area contributed by atoms with Crippen LogP contribution in [0.1, 0.15) is 11.1 Å². The Morgan fingerprint density at radius 2 is 2.12 bits per heavy atom. The predicted molar refractivity (Wildman–Crippen MR) is 70.2 cm³/mol. The van der Waals surface area contributed by atoms with E-state index in [9.17, 15) is 4.79 Å². The molecule has 0 saturated heterocycles. The molecule has 0 atom stereocenters. The van der Waals surface area contributed by atoms with Crippen LogP contribution in [0, 0.1) is 0 Å². The van der Waals surface area contributed by atoms with E-state index in [1.54, 1.807) is 17.6 Å². The molecule has 0 spiro atoms. The van der Waals surface area contributed by atoms with E-state index >= 15 is 0 Å². The number of hydrazone groups is 1. The van der Waals surface area contributed by atoms with Crippen LogP contribution < -0.4 is 5.43 Å². The maximum atomic E-state index is 11.5. The number of thiophene rings is 1. The fourth-order valence-corrected chi connectivity index (χ4v) is 1.96. The van der Waals surface area contributed by atoms with Gasteiger partial charge < -0.3 is 0 Å². The number of amides is 1. The third-order valence-electron chi connectivity index (χ3n) is 2.15. The highest BCUT2D eigenvalue weighted by molar-refractivity contribution is 7.08. The third-order valence-corrected chi connectivity index (χ3v) is 2.86. The van der Waals surface area contributed by atoms with E-state index in [0.717, 1.165) is 11.1 Å². The van der Waals surface area contributed by atoms with Gasteiger partial charge in [-0.1, -0.05) is 30.3 Å². The van der Waals surface area contributed by atoms with Gasteiger partial charge in [0.05, 0.1) is 12.6 Å². The molecule has 0 bridgehead atoms. The maximum Gasteiger partial charge on any atom is 0.244 e. The zero-order chi connectivity index (χ0) is 11.9. The van der Waals surface area contributed by atoms with Crippen molar-refractivity contribution in [3.8, 4) is 0 Å². The van der Waals surface area contributed by atoms with E-state index in [1.165, 1.54) is 0 Å². The van der Waals surface area contributed by atoms with Crippen molar-refractivity contribution in [1.29, 1.82) is 0 Å². The topological polar surface area (TPSA) is 41.5 Å². The first kappa shape index (κ1) is 11.5. The van der Waals surface area contributed by atoms with Gasteiger partial charge in [0.25, 0.3) is 0 Å². The normalized spacial score (nSPS) is 10.6. The number of hydrogen-bond acceptors (Lipinski definition) is 3. The van der Waals surface area contributed by atoms with E-state index in [1.807, 2.05) is 47.2 Å². The smallest absolute Gasteiger partial charge is 0.244 e. The number of rotatable bonds is 4. The summed E-state index contributed by atoms with van der Waals surface area (Å²) in [4.78, 5) is 11.5. The molecule has 0 radical (unpaired) electrons. The SMILES string of the molecule is O=C(Cc1ccccc1)N/N=C/c1ccsc1. The summed E-state index contributed by atoms with van der Waals surface area (Å²) < 4.78 is 0. The van der Waals surface area contributed by atoms with Crippen LogP contribution in [0.3, 0.4) is 0 Å². The van der Waals surface area contributed by atoms with Crippen LogP contribution in [-0.2, 0) is 11.2 Å². The van der Waals surface area contributed by atoms with Gasteiger partial charge in [0.1, 0.15) is 0 Å². The molecular formula is C13H12N2OS. The van der Waals surface area contributed by atoms with Gasteiger partial charge in [0, 0.05) is 5.56 Å². The average Bonchev–Trinajstić information content (AvgIpc) is 2.83. The molecule has 1 aromatic heterocycles. The zero-order valence-corrected chi connectivity index (χ0v) is 9.98. The van der Waals surface area contributed by atoms with Crippen LogP contribution in [0.2, 0.25) is 0 Å².